The third kappa shape index (κ3) is 2.78. The summed E-state index contributed by atoms with van der Waals surface area (Å²) in [6.45, 7) is 0.0665. The van der Waals surface area contributed by atoms with Gasteiger partial charge in [-0.25, -0.2) is 13.6 Å². The van der Waals surface area contributed by atoms with Crippen molar-refractivity contribution in [2.24, 2.45) is 0 Å². The van der Waals surface area contributed by atoms with E-state index in [0.29, 0.717) is 22.9 Å². The summed E-state index contributed by atoms with van der Waals surface area (Å²) in [5.41, 5.74) is 0.968. The van der Waals surface area contributed by atoms with Crippen molar-refractivity contribution in [3.63, 3.8) is 0 Å². The zero-order chi connectivity index (χ0) is 21.9. The molecule has 10 heteroatoms. The standard InChI is InChI=1S/C21H18F2N6O2/c1-26-18-16(19(30)27(2)21(26)31)28(11-13-5-3-4-6-15(13)23)20-25-24-17(29(18)20)12-7-9-14(22)10-8-12/h3-10,16,18H,11H2,1-2H3. The predicted octanol–water partition coefficient (Wildman–Crippen LogP) is 2.63. The summed E-state index contributed by atoms with van der Waals surface area (Å²) in [5.74, 6) is -0.499. The molecule has 2 aliphatic heterocycles. The van der Waals surface area contributed by atoms with Crippen LogP contribution in [0.25, 0.3) is 11.4 Å². The highest BCUT2D eigenvalue weighted by Gasteiger charge is 2.54. The summed E-state index contributed by atoms with van der Waals surface area (Å²) < 4.78 is 29.5. The van der Waals surface area contributed by atoms with Gasteiger partial charge in [-0.05, 0) is 30.3 Å². The van der Waals surface area contributed by atoms with Crippen LogP contribution in [0.1, 0.15) is 11.7 Å². The van der Waals surface area contributed by atoms with Crippen molar-refractivity contribution in [3.05, 3.63) is 65.7 Å². The zero-order valence-corrected chi connectivity index (χ0v) is 16.7. The van der Waals surface area contributed by atoms with Gasteiger partial charge in [0.2, 0.25) is 5.95 Å². The smallest absolute Gasteiger partial charge is 0.320 e. The van der Waals surface area contributed by atoms with Gasteiger partial charge in [0.25, 0.3) is 5.91 Å². The van der Waals surface area contributed by atoms with Crippen LogP contribution in [0, 0.1) is 11.6 Å². The molecule has 0 aliphatic carbocycles. The second-order valence-electron chi connectivity index (χ2n) is 7.57. The van der Waals surface area contributed by atoms with E-state index in [1.165, 1.54) is 30.1 Å². The van der Waals surface area contributed by atoms with Crippen molar-refractivity contribution < 1.29 is 18.4 Å². The maximum atomic E-state index is 14.4. The number of benzene rings is 2. The van der Waals surface area contributed by atoms with Gasteiger partial charge in [-0.15, -0.1) is 10.2 Å². The highest BCUT2D eigenvalue weighted by atomic mass is 19.1. The molecule has 3 amide bonds. The van der Waals surface area contributed by atoms with Crippen molar-refractivity contribution in [1.29, 1.82) is 0 Å². The number of hydrogen-bond donors (Lipinski definition) is 0. The number of nitrogens with zero attached hydrogens (tertiary/aromatic N) is 6. The lowest BCUT2D eigenvalue weighted by molar-refractivity contribution is -0.133. The molecule has 0 saturated carbocycles. The van der Waals surface area contributed by atoms with Gasteiger partial charge < -0.3 is 9.80 Å². The van der Waals surface area contributed by atoms with Crippen LogP contribution in [0.3, 0.4) is 0 Å². The molecule has 5 rings (SSSR count). The fourth-order valence-electron chi connectivity index (χ4n) is 4.21. The number of urea groups is 1. The summed E-state index contributed by atoms with van der Waals surface area (Å²) in [7, 11) is 3.01. The number of rotatable bonds is 3. The molecule has 158 valence electrons. The van der Waals surface area contributed by atoms with Gasteiger partial charge in [-0.3, -0.25) is 14.3 Å². The Morgan fingerprint density at radius 3 is 2.39 bits per heavy atom. The molecule has 2 aliphatic rings. The van der Waals surface area contributed by atoms with E-state index in [0.717, 1.165) is 4.90 Å². The van der Waals surface area contributed by atoms with E-state index in [4.69, 9.17) is 0 Å². The number of carbonyl (C=O) groups is 2. The molecule has 8 nitrogen and oxygen atoms in total. The molecule has 2 aromatic carbocycles. The van der Waals surface area contributed by atoms with Gasteiger partial charge in [0.1, 0.15) is 17.8 Å². The molecule has 3 aromatic rings. The molecular formula is C21H18F2N6O2. The number of fused-ring (bicyclic) bond motifs is 3. The summed E-state index contributed by atoms with van der Waals surface area (Å²) in [4.78, 5) is 30.0. The number of amides is 3. The minimum absolute atomic E-state index is 0.0665. The lowest BCUT2D eigenvalue weighted by Crippen LogP contribution is -2.61. The minimum Gasteiger partial charge on any atom is -0.320 e. The highest BCUT2D eigenvalue weighted by Crippen LogP contribution is 2.42. The minimum atomic E-state index is -0.808. The van der Waals surface area contributed by atoms with Gasteiger partial charge in [0, 0.05) is 31.8 Å². The monoisotopic (exact) mass is 424 g/mol. The molecule has 0 radical (unpaired) electrons. The van der Waals surface area contributed by atoms with E-state index in [-0.39, 0.29) is 6.54 Å². The van der Waals surface area contributed by atoms with Crippen LogP contribution in [0.5, 0.6) is 0 Å². The van der Waals surface area contributed by atoms with Crippen LogP contribution in [0.2, 0.25) is 0 Å². The SMILES string of the molecule is CN1C(=O)C2C(N(C)C1=O)n1c(-c3ccc(F)cc3)nnc1N2Cc1ccccc1F. The Kier molecular flexibility index (Phi) is 4.24. The van der Waals surface area contributed by atoms with E-state index in [1.807, 2.05) is 0 Å². The van der Waals surface area contributed by atoms with Gasteiger partial charge in [-0.1, -0.05) is 18.2 Å². The first-order valence-electron chi connectivity index (χ1n) is 9.63. The van der Waals surface area contributed by atoms with Gasteiger partial charge in [0.05, 0.1) is 0 Å². The molecular weight excluding hydrogens is 406 g/mol. The van der Waals surface area contributed by atoms with Crippen LogP contribution in [-0.4, -0.2) is 56.6 Å². The van der Waals surface area contributed by atoms with Gasteiger partial charge >= 0.3 is 6.03 Å². The number of hydrogen-bond acceptors (Lipinski definition) is 5. The summed E-state index contributed by atoms with van der Waals surface area (Å²) in [5, 5.41) is 8.50. The maximum Gasteiger partial charge on any atom is 0.327 e. The Hall–Kier alpha value is -3.82. The normalized spacial score (nSPS) is 20.3. The molecule has 1 saturated heterocycles. The first-order valence-corrected chi connectivity index (χ1v) is 9.63. The van der Waals surface area contributed by atoms with Crippen molar-refractivity contribution in [3.8, 4) is 11.4 Å². The average molecular weight is 424 g/mol. The highest BCUT2D eigenvalue weighted by molar-refractivity contribution is 6.02. The quantitative estimate of drug-likeness (QED) is 0.646. The second kappa shape index (κ2) is 6.86. The van der Waals surface area contributed by atoms with Crippen LogP contribution >= 0.6 is 0 Å². The van der Waals surface area contributed by atoms with E-state index in [9.17, 15) is 18.4 Å². The summed E-state index contributed by atoms with van der Waals surface area (Å²) in [6.07, 6.45) is -0.729. The fourth-order valence-corrected chi connectivity index (χ4v) is 4.21. The summed E-state index contributed by atoms with van der Waals surface area (Å²) in [6, 6.07) is 10.7. The molecule has 0 N–H and O–H groups in total. The number of aromatic nitrogens is 3. The number of imide groups is 1. The molecule has 2 atom stereocenters. The van der Waals surface area contributed by atoms with Crippen LogP contribution in [0.4, 0.5) is 19.5 Å². The number of halogens is 2. The molecule has 1 fully saturated rings. The Balaban J connectivity index is 1.67. The molecule has 1 aromatic heterocycles. The number of likely N-dealkylation sites (N-methyl/N-ethyl adjacent to an activating group) is 2. The van der Waals surface area contributed by atoms with E-state index in [2.05, 4.69) is 10.2 Å². The summed E-state index contributed by atoms with van der Waals surface area (Å²) >= 11 is 0. The molecule has 31 heavy (non-hydrogen) atoms. The average Bonchev–Trinajstić information content (AvgIpc) is 3.32. The van der Waals surface area contributed by atoms with Crippen LogP contribution < -0.4 is 4.90 Å². The van der Waals surface area contributed by atoms with E-state index < -0.39 is 35.8 Å². The Labute approximate surface area is 176 Å². The third-order valence-electron chi connectivity index (χ3n) is 5.79. The number of carbonyl (C=O) groups excluding carboxylic acids is 2. The largest absolute Gasteiger partial charge is 0.327 e. The Morgan fingerprint density at radius 2 is 1.68 bits per heavy atom. The van der Waals surface area contributed by atoms with Gasteiger partial charge in [0.15, 0.2) is 11.9 Å². The lowest BCUT2D eigenvalue weighted by atomic mass is 10.1. The molecule has 0 bridgehead atoms. The third-order valence-corrected chi connectivity index (χ3v) is 5.79. The van der Waals surface area contributed by atoms with E-state index in [1.54, 1.807) is 46.8 Å². The van der Waals surface area contributed by atoms with E-state index >= 15 is 0 Å². The zero-order valence-electron chi connectivity index (χ0n) is 16.7. The molecule has 3 heterocycles. The Bertz CT molecular complexity index is 1190. The van der Waals surface area contributed by atoms with Gasteiger partial charge in [-0.2, -0.15) is 0 Å². The van der Waals surface area contributed by atoms with Crippen molar-refractivity contribution >= 4 is 17.9 Å². The van der Waals surface area contributed by atoms with Crippen molar-refractivity contribution in [1.82, 2.24) is 24.6 Å². The predicted molar refractivity (Wildman–Crippen MR) is 107 cm³/mol. The topological polar surface area (TPSA) is 74.6 Å². The number of anilines is 1. The molecule has 0 spiro atoms. The fraction of sp³-hybridized carbons (Fsp3) is 0.238. The lowest BCUT2D eigenvalue weighted by Gasteiger charge is -2.40. The maximum absolute atomic E-state index is 14.4. The van der Waals surface area contributed by atoms with Crippen LogP contribution in [-0.2, 0) is 11.3 Å². The van der Waals surface area contributed by atoms with Crippen molar-refractivity contribution in [2.45, 2.75) is 18.8 Å². The van der Waals surface area contributed by atoms with Crippen LogP contribution in [0.15, 0.2) is 48.5 Å². The molecule has 2 unspecified atom stereocenters. The first kappa shape index (κ1) is 19.2. The van der Waals surface area contributed by atoms with Crippen molar-refractivity contribution in [2.75, 3.05) is 19.0 Å². The second-order valence-corrected chi connectivity index (χ2v) is 7.57. The Morgan fingerprint density at radius 1 is 0.968 bits per heavy atom. The first-order chi connectivity index (χ1) is 14.9.